The molecule has 3 aromatic carbocycles. The molecule has 4 aromatic rings. The molecule has 1 heterocycles. The molecule has 0 amide bonds. The molecule has 0 aliphatic heterocycles. The molecule has 0 bridgehead atoms. The van der Waals surface area contributed by atoms with Crippen molar-refractivity contribution in [1.29, 1.82) is 0 Å². The molecule has 0 saturated heterocycles. The molecule has 1 unspecified atom stereocenters. The summed E-state index contributed by atoms with van der Waals surface area (Å²) in [7, 11) is 0. The number of benzene rings is 3. The summed E-state index contributed by atoms with van der Waals surface area (Å²) in [5.41, 5.74) is 3.02. The summed E-state index contributed by atoms with van der Waals surface area (Å²) >= 11 is 8.25. The molecular weight excluding hydrogens is 811 g/mol. The van der Waals surface area contributed by atoms with Crippen molar-refractivity contribution in [3.8, 4) is 28.4 Å². The second-order valence-electron chi connectivity index (χ2n) is 12.8. The lowest BCUT2D eigenvalue weighted by molar-refractivity contribution is 0.0497. The van der Waals surface area contributed by atoms with Crippen LogP contribution in [-0.2, 0) is 4.74 Å². The number of hydrogen-bond acceptors (Lipinski definition) is 7. The number of esters is 2. The Morgan fingerprint density at radius 2 is 1.19 bits per heavy atom. The monoisotopic (exact) mass is 858 g/mol. The first-order valence-corrected chi connectivity index (χ1v) is 20.8. The van der Waals surface area contributed by atoms with Crippen LogP contribution in [0.3, 0.4) is 0 Å². The fraction of sp³-hybridized carbons (Fsp3) is 0.429. The molecule has 0 fully saturated rings. The Hall–Kier alpha value is -3.21. The average molecular weight is 861 g/mol. The lowest BCUT2D eigenvalue weighted by atomic mass is 10.1. The van der Waals surface area contributed by atoms with E-state index in [1.807, 2.05) is 36.4 Å². The van der Waals surface area contributed by atoms with Gasteiger partial charge in [0.2, 0.25) is 0 Å². The number of ether oxygens (including phenoxy) is 4. The van der Waals surface area contributed by atoms with E-state index in [-0.39, 0.29) is 12.6 Å². The fourth-order valence-electron chi connectivity index (χ4n) is 5.55. The number of carbonyl (C=O) groups is 2. The average Bonchev–Trinajstić information content (AvgIpc) is 3.51. The van der Waals surface area contributed by atoms with Gasteiger partial charge in [0.25, 0.3) is 0 Å². The SMILES string of the molecule is CCCCCCC(F)COc1ccc(C(=O)Oc2ccc(-c3ccc(OCCCCCCCCCCOC(=O)c4cc(Br)sc4Br)cc3)cc2)cc1. The predicted octanol–water partition coefficient (Wildman–Crippen LogP) is 13.2. The molecule has 0 aliphatic carbocycles. The van der Waals surface area contributed by atoms with Crippen LogP contribution in [0.5, 0.6) is 17.2 Å². The molecule has 1 aromatic heterocycles. The third-order valence-electron chi connectivity index (χ3n) is 8.56. The summed E-state index contributed by atoms with van der Waals surface area (Å²) in [4.78, 5) is 24.8. The van der Waals surface area contributed by atoms with Crippen LogP contribution in [0.4, 0.5) is 4.39 Å². The smallest absolute Gasteiger partial charge is 0.343 e. The van der Waals surface area contributed by atoms with E-state index in [1.54, 1.807) is 42.5 Å². The van der Waals surface area contributed by atoms with Crippen molar-refractivity contribution in [2.45, 2.75) is 96.6 Å². The van der Waals surface area contributed by atoms with Crippen molar-refractivity contribution in [2.24, 2.45) is 0 Å². The van der Waals surface area contributed by atoms with E-state index in [2.05, 4.69) is 38.8 Å². The van der Waals surface area contributed by atoms with Crippen LogP contribution in [-0.4, -0.2) is 37.9 Å². The van der Waals surface area contributed by atoms with Crippen LogP contribution >= 0.6 is 43.2 Å². The Morgan fingerprint density at radius 3 is 1.79 bits per heavy atom. The molecular formula is C42H49Br2FO6S. The van der Waals surface area contributed by atoms with Gasteiger partial charge in [0, 0.05) is 0 Å². The topological polar surface area (TPSA) is 71.1 Å². The lowest BCUT2D eigenvalue weighted by Gasteiger charge is -2.11. The Balaban J connectivity index is 1.04. The highest BCUT2D eigenvalue weighted by atomic mass is 79.9. The fourth-order valence-corrected chi connectivity index (χ4v) is 8.32. The van der Waals surface area contributed by atoms with Crippen molar-refractivity contribution in [3.05, 3.63) is 97.6 Å². The Morgan fingerprint density at radius 1 is 0.654 bits per heavy atom. The molecule has 0 radical (unpaired) electrons. The van der Waals surface area contributed by atoms with Crippen LogP contribution in [0, 0.1) is 0 Å². The van der Waals surface area contributed by atoms with Gasteiger partial charge in [-0.05, 0) is 117 Å². The highest BCUT2D eigenvalue weighted by Gasteiger charge is 2.15. The molecule has 52 heavy (non-hydrogen) atoms. The highest BCUT2D eigenvalue weighted by molar-refractivity contribution is 9.12. The van der Waals surface area contributed by atoms with Gasteiger partial charge in [0.05, 0.1) is 31.9 Å². The maximum atomic E-state index is 14.1. The van der Waals surface area contributed by atoms with E-state index in [0.717, 1.165) is 82.2 Å². The lowest BCUT2D eigenvalue weighted by Crippen LogP contribution is -2.13. The Kier molecular flexibility index (Phi) is 18.7. The van der Waals surface area contributed by atoms with Gasteiger partial charge in [-0.3, -0.25) is 0 Å². The van der Waals surface area contributed by atoms with E-state index in [0.29, 0.717) is 42.3 Å². The summed E-state index contributed by atoms with van der Waals surface area (Å²) in [5.74, 6) is 1.08. The Labute approximate surface area is 328 Å². The van der Waals surface area contributed by atoms with Gasteiger partial charge < -0.3 is 18.9 Å². The second-order valence-corrected chi connectivity index (χ2v) is 16.5. The number of unbranched alkanes of at least 4 members (excludes halogenated alkanes) is 10. The second kappa shape index (κ2) is 23.5. The highest BCUT2D eigenvalue weighted by Crippen LogP contribution is 2.32. The molecule has 0 N–H and O–H groups in total. The van der Waals surface area contributed by atoms with E-state index in [4.69, 9.17) is 18.9 Å². The first kappa shape index (κ1) is 41.5. The third kappa shape index (κ3) is 15.0. The van der Waals surface area contributed by atoms with Gasteiger partial charge in [-0.1, -0.05) is 95.4 Å². The van der Waals surface area contributed by atoms with E-state index >= 15 is 0 Å². The van der Waals surface area contributed by atoms with Crippen LogP contribution in [0.2, 0.25) is 0 Å². The molecule has 0 aliphatic rings. The van der Waals surface area contributed by atoms with Crippen molar-refractivity contribution in [2.75, 3.05) is 19.8 Å². The van der Waals surface area contributed by atoms with Gasteiger partial charge >= 0.3 is 11.9 Å². The summed E-state index contributed by atoms with van der Waals surface area (Å²) in [6.45, 7) is 3.30. The van der Waals surface area contributed by atoms with E-state index in [1.165, 1.54) is 30.6 Å². The number of thiophene rings is 1. The summed E-state index contributed by atoms with van der Waals surface area (Å²) in [6, 6.07) is 23.8. The zero-order chi connectivity index (χ0) is 37.0. The largest absolute Gasteiger partial charge is 0.494 e. The van der Waals surface area contributed by atoms with Crippen LogP contribution in [0.15, 0.2) is 86.4 Å². The van der Waals surface area contributed by atoms with Gasteiger partial charge in [0.1, 0.15) is 30.0 Å². The number of carbonyl (C=O) groups excluding carboxylic acids is 2. The summed E-state index contributed by atoms with van der Waals surface area (Å²) in [6.07, 6.45) is 12.5. The molecule has 4 rings (SSSR count). The van der Waals surface area contributed by atoms with Gasteiger partial charge in [-0.15, -0.1) is 11.3 Å². The normalized spacial score (nSPS) is 11.6. The first-order valence-electron chi connectivity index (χ1n) is 18.4. The van der Waals surface area contributed by atoms with Gasteiger partial charge in [-0.25, -0.2) is 14.0 Å². The maximum absolute atomic E-state index is 14.1. The summed E-state index contributed by atoms with van der Waals surface area (Å²) in [5, 5.41) is 0. The van der Waals surface area contributed by atoms with Crippen molar-refractivity contribution in [1.82, 2.24) is 0 Å². The van der Waals surface area contributed by atoms with Gasteiger partial charge in [0.15, 0.2) is 0 Å². The van der Waals surface area contributed by atoms with Crippen molar-refractivity contribution in [3.63, 3.8) is 0 Å². The van der Waals surface area contributed by atoms with Crippen LogP contribution < -0.4 is 14.2 Å². The minimum absolute atomic E-state index is 0.0132. The third-order valence-corrected chi connectivity index (χ3v) is 10.9. The maximum Gasteiger partial charge on any atom is 0.343 e. The number of rotatable bonds is 24. The van der Waals surface area contributed by atoms with Crippen molar-refractivity contribution < 1.29 is 32.9 Å². The molecule has 0 spiro atoms. The molecule has 10 heteroatoms. The van der Waals surface area contributed by atoms with Gasteiger partial charge in [-0.2, -0.15) is 0 Å². The van der Waals surface area contributed by atoms with Crippen LogP contribution in [0.25, 0.3) is 11.1 Å². The first-order chi connectivity index (χ1) is 25.3. The standard InChI is InChI=1S/C42H49Br2FO6S/c1-2-3-4-11-14-34(45)30-50-36-23-19-33(20-24-36)41(46)51-37-25-17-32(18-26-37)31-15-21-35(22-16-31)48-27-12-9-7-5-6-8-10-13-28-49-42(47)38-29-39(43)52-40(38)44/h15-26,29,34H,2-14,27-28,30H2,1H3. The molecule has 6 nitrogen and oxygen atoms in total. The zero-order valence-corrected chi connectivity index (χ0v) is 33.9. The van der Waals surface area contributed by atoms with E-state index < -0.39 is 12.1 Å². The quantitative estimate of drug-likeness (QED) is 0.0397. The Bertz CT molecular complexity index is 1630. The predicted molar refractivity (Wildman–Crippen MR) is 215 cm³/mol. The molecule has 0 saturated carbocycles. The minimum Gasteiger partial charge on any atom is -0.494 e. The number of alkyl halides is 1. The summed E-state index contributed by atoms with van der Waals surface area (Å²) < 4.78 is 38.2. The number of halogens is 3. The van der Waals surface area contributed by atoms with Crippen molar-refractivity contribution >= 4 is 55.1 Å². The molecule has 1 atom stereocenters. The molecule has 280 valence electrons. The van der Waals surface area contributed by atoms with Crippen LogP contribution in [0.1, 0.15) is 111 Å². The minimum atomic E-state index is -0.994. The zero-order valence-electron chi connectivity index (χ0n) is 29.9. The number of hydrogen-bond donors (Lipinski definition) is 0. The van der Waals surface area contributed by atoms with E-state index in [9.17, 15) is 14.0 Å².